The smallest absolute Gasteiger partial charge is 0.0670 e. The summed E-state index contributed by atoms with van der Waals surface area (Å²) in [5.41, 5.74) is 8.69. The highest BCUT2D eigenvalue weighted by Gasteiger charge is 2.19. The Morgan fingerprint density at radius 2 is 2.16 bits per heavy atom. The summed E-state index contributed by atoms with van der Waals surface area (Å²) in [5, 5.41) is 8.81. The van der Waals surface area contributed by atoms with Crippen LogP contribution >= 0.6 is 0 Å². The van der Waals surface area contributed by atoms with E-state index in [9.17, 15) is 0 Å². The first kappa shape index (κ1) is 13.7. The van der Waals surface area contributed by atoms with Crippen LogP contribution in [0.5, 0.6) is 0 Å². The van der Waals surface area contributed by atoms with E-state index in [1.165, 1.54) is 5.69 Å². The maximum Gasteiger partial charge on any atom is 0.0670 e. The Morgan fingerprint density at radius 3 is 2.79 bits per heavy atom. The Morgan fingerprint density at radius 1 is 1.42 bits per heavy atom. The zero-order chi connectivity index (χ0) is 13.7. The summed E-state index contributed by atoms with van der Waals surface area (Å²) in [6.07, 6.45) is 2.69. The van der Waals surface area contributed by atoms with Crippen molar-refractivity contribution >= 4 is 11.4 Å². The lowest BCUT2D eigenvalue weighted by Crippen LogP contribution is -2.35. The molecule has 1 heterocycles. The van der Waals surface area contributed by atoms with Crippen molar-refractivity contribution in [3.8, 4) is 6.07 Å². The highest BCUT2D eigenvalue weighted by Crippen LogP contribution is 2.26. The van der Waals surface area contributed by atoms with E-state index in [1.54, 1.807) is 7.11 Å². The normalized spacial score (nSPS) is 16.3. The molecule has 1 aliphatic heterocycles. The van der Waals surface area contributed by atoms with Crippen molar-refractivity contribution in [2.24, 2.45) is 5.92 Å². The van der Waals surface area contributed by atoms with Gasteiger partial charge < -0.3 is 15.4 Å². The maximum absolute atomic E-state index is 8.81. The number of methoxy groups -OCH3 is 1. The lowest BCUT2D eigenvalue weighted by molar-refractivity contribution is 0.139. The van der Waals surface area contributed by atoms with E-state index in [-0.39, 0.29) is 0 Å². The molecule has 2 N–H and O–H groups in total. The lowest BCUT2D eigenvalue weighted by atomic mass is 9.97. The van der Waals surface area contributed by atoms with Gasteiger partial charge in [0.1, 0.15) is 0 Å². The molecule has 0 aromatic heterocycles. The molecular formula is C15H21N3O. The largest absolute Gasteiger partial charge is 0.398 e. The predicted molar refractivity (Wildman–Crippen MR) is 77.0 cm³/mol. The fourth-order valence-electron chi connectivity index (χ4n) is 2.62. The Hall–Kier alpha value is -1.73. The van der Waals surface area contributed by atoms with Crippen LogP contribution in [0.2, 0.25) is 0 Å². The highest BCUT2D eigenvalue weighted by atomic mass is 16.5. The highest BCUT2D eigenvalue weighted by molar-refractivity contribution is 5.59. The monoisotopic (exact) mass is 259 g/mol. The molecule has 0 bridgehead atoms. The average Bonchev–Trinajstić information content (AvgIpc) is 2.43. The molecule has 4 heteroatoms. The van der Waals surface area contributed by atoms with Crippen molar-refractivity contribution in [2.75, 3.05) is 37.4 Å². The van der Waals surface area contributed by atoms with E-state index in [0.29, 0.717) is 18.0 Å². The number of hydrogen-bond donors (Lipinski definition) is 1. The summed E-state index contributed by atoms with van der Waals surface area (Å²) < 4.78 is 5.22. The van der Waals surface area contributed by atoms with Gasteiger partial charge in [0.2, 0.25) is 0 Å². The number of piperidine rings is 1. The number of nitrogens with two attached hydrogens (primary N) is 1. The summed E-state index contributed by atoms with van der Waals surface area (Å²) >= 11 is 0. The fourth-order valence-corrected chi connectivity index (χ4v) is 2.62. The van der Waals surface area contributed by atoms with Gasteiger partial charge in [0, 0.05) is 38.2 Å². The summed E-state index contributed by atoms with van der Waals surface area (Å²) in [5.74, 6) is 0.675. The molecule has 0 unspecified atom stereocenters. The summed E-state index contributed by atoms with van der Waals surface area (Å²) in [7, 11) is 1.76. The second kappa shape index (κ2) is 6.44. The first-order valence-corrected chi connectivity index (χ1v) is 6.74. The molecular weight excluding hydrogens is 238 g/mol. The standard InChI is InChI=1S/C15H21N3O/c1-19-11-12-5-8-18(9-6-12)14-2-3-15(17)13(10-14)4-7-16/h2-3,10,12H,4-6,8-9,11,17H2,1H3. The van der Waals surface area contributed by atoms with E-state index in [0.717, 1.165) is 38.1 Å². The zero-order valence-corrected chi connectivity index (χ0v) is 11.4. The topological polar surface area (TPSA) is 62.3 Å². The minimum absolute atomic E-state index is 0.375. The van der Waals surface area contributed by atoms with Crippen LogP contribution in [-0.4, -0.2) is 26.8 Å². The lowest BCUT2D eigenvalue weighted by Gasteiger charge is -2.33. The van der Waals surface area contributed by atoms with Crippen LogP contribution in [0.4, 0.5) is 11.4 Å². The molecule has 0 aliphatic carbocycles. The Bertz CT molecular complexity index is 459. The molecule has 102 valence electrons. The van der Waals surface area contributed by atoms with Crippen molar-refractivity contribution in [1.82, 2.24) is 0 Å². The number of anilines is 2. The molecule has 0 spiro atoms. The fraction of sp³-hybridized carbons (Fsp3) is 0.533. The van der Waals surface area contributed by atoms with Crippen LogP contribution in [0.1, 0.15) is 18.4 Å². The van der Waals surface area contributed by atoms with Crippen LogP contribution in [0.25, 0.3) is 0 Å². The molecule has 19 heavy (non-hydrogen) atoms. The molecule has 0 radical (unpaired) electrons. The van der Waals surface area contributed by atoms with Crippen molar-refractivity contribution in [3.63, 3.8) is 0 Å². The molecule has 1 saturated heterocycles. The van der Waals surface area contributed by atoms with E-state index < -0.39 is 0 Å². The van der Waals surface area contributed by atoms with Crippen molar-refractivity contribution in [2.45, 2.75) is 19.3 Å². The van der Waals surface area contributed by atoms with Gasteiger partial charge in [0.05, 0.1) is 12.5 Å². The van der Waals surface area contributed by atoms with E-state index >= 15 is 0 Å². The maximum atomic E-state index is 8.81. The van der Waals surface area contributed by atoms with Crippen LogP contribution in [-0.2, 0) is 11.2 Å². The molecule has 1 aromatic rings. The number of nitrogen functional groups attached to an aromatic ring is 1. The molecule has 2 rings (SSSR count). The van der Waals surface area contributed by atoms with Crippen LogP contribution in [0, 0.1) is 17.2 Å². The van der Waals surface area contributed by atoms with Crippen molar-refractivity contribution in [1.29, 1.82) is 5.26 Å². The molecule has 1 aromatic carbocycles. The molecule has 0 saturated carbocycles. The van der Waals surface area contributed by atoms with Gasteiger partial charge in [0.15, 0.2) is 0 Å². The molecule has 4 nitrogen and oxygen atoms in total. The van der Waals surface area contributed by atoms with Crippen molar-refractivity contribution < 1.29 is 4.74 Å². The Kier molecular flexibility index (Phi) is 4.64. The van der Waals surface area contributed by atoms with Crippen LogP contribution in [0.3, 0.4) is 0 Å². The van der Waals surface area contributed by atoms with Gasteiger partial charge in [-0.15, -0.1) is 0 Å². The van der Waals surface area contributed by atoms with Crippen molar-refractivity contribution in [3.05, 3.63) is 23.8 Å². The molecule has 1 aliphatic rings. The summed E-state index contributed by atoms with van der Waals surface area (Å²) in [4.78, 5) is 2.37. The third kappa shape index (κ3) is 3.39. The second-order valence-electron chi connectivity index (χ2n) is 5.10. The summed E-state index contributed by atoms with van der Waals surface area (Å²) in [6.45, 7) is 2.95. The van der Waals surface area contributed by atoms with Gasteiger partial charge in [-0.1, -0.05) is 0 Å². The minimum atomic E-state index is 0.375. The van der Waals surface area contributed by atoms with Gasteiger partial charge in [-0.05, 0) is 42.5 Å². The molecule has 0 atom stereocenters. The summed E-state index contributed by atoms with van der Waals surface area (Å²) in [6, 6.07) is 8.17. The van der Waals surface area contributed by atoms with E-state index in [4.69, 9.17) is 15.7 Å². The Balaban J connectivity index is 2.03. The number of ether oxygens (including phenoxy) is 1. The molecule has 1 fully saturated rings. The zero-order valence-electron chi connectivity index (χ0n) is 11.4. The van der Waals surface area contributed by atoms with E-state index in [2.05, 4.69) is 17.0 Å². The predicted octanol–water partition coefficient (Wildman–Crippen LogP) is 2.20. The number of nitriles is 1. The van der Waals surface area contributed by atoms with Crippen LogP contribution < -0.4 is 10.6 Å². The number of benzene rings is 1. The number of rotatable bonds is 4. The van der Waals surface area contributed by atoms with E-state index in [1.807, 2.05) is 12.1 Å². The number of nitrogens with zero attached hydrogens (tertiary/aromatic N) is 2. The van der Waals surface area contributed by atoms with Gasteiger partial charge in [-0.2, -0.15) is 5.26 Å². The van der Waals surface area contributed by atoms with Gasteiger partial charge in [-0.25, -0.2) is 0 Å². The third-order valence-electron chi connectivity index (χ3n) is 3.78. The van der Waals surface area contributed by atoms with Gasteiger partial charge in [0.25, 0.3) is 0 Å². The quantitative estimate of drug-likeness (QED) is 0.842. The molecule has 0 amide bonds. The number of hydrogen-bond acceptors (Lipinski definition) is 4. The third-order valence-corrected chi connectivity index (χ3v) is 3.78. The first-order chi connectivity index (χ1) is 9.24. The second-order valence-corrected chi connectivity index (χ2v) is 5.10. The van der Waals surface area contributed by atoms with Gasteiger partial charge in [-0.3, -0.25) is 0 Å². The van der Waals surface area contributed by atoms with Gasteiger partial charge >= 0.3 is 0 Å². The Labute approximate surface area is 114 Å². The van der Waals surface area contributed by atoms with Crippen LogP contribution in [0.15, 0.2) is 18.2 Å². The average molecular weight is 259 g/mol. The first-order valence-electron chi connectivity index (χ1n) is 6.74. The SMILES string of the molecule is COCC1CCN(c2ccc(N)c(CC#N)c2)CC1. The minimum Gasteiger partial charge on any atom is -0.398 e.